The van der Waals surface area contributed by atoms with Crippen molar-refractivity contribution in [2.45, 2.75) is 25.7 Å². The van der Waals surface area contributed by atoms with Crippen LogP contribution in [0.4, 0.5) is 11.4 Å². The van der Waals surface area contributed by atoms with Gasteiger partial charge in [-0.1, -0.05) is 0 Å². The van der Waals surface area contributed by atoms with Gasteiger partial charge in [-0.15, -0.1) is 0 Å². The number of nitrogens with zero attached hydrogens (tertiary/aromatic N) is 4. The van der Waals surface area contributed by atoms with Gasteiger partial charge in [-0.2, -0.15) is 5.10 Å². The van der Waals surface area contributed by atoms with E-state index >= 15 is 0 Å². The standard InChI is InChI=1S/C25H25N5O4/c1-34-19-11-9-18(10-12-19)30-23-20(22(27-30)24(26)32)13-15-29(25(23)33)17-7-5-16(6-8-17)28-14-3-2-4-21(28)31/h5-12H,2-4,13-15H2,1H3,(H2,26,32)/i9D,10D,11D,12D,14D2. The second kappa shape index (κ2) is 8.66. The minimum atomic E-state index is -1.84. The van der Waals surface area contributed by atoms with Crippen LogP contribution in [0.5, 0.6) is 5.75 Å². The van der Waals surface area contributed by atoms with Gasteiger partial charge in [-0.05, 0) is 67.7 Å². The van der Waals surface area contributed by atoms with Crippen LogP contribution in [-0.2, 0) is 11.2 Å². The first-order valence-electron chi connectivity index (χ1n) is 13.7. The van der Waals surface area contributed by atoms with Crippen LogP contribution in [0.25, 0.3) is 5.69 Å². The molecule has 1 saturated heterocycles. The van der Waals surface area contributed by atoms with Crippen molar-refractivity contribution in [2.24, 2.45) is 5.73 Å². The summed E-state index contributed by atoms with van der Waals surface area (Å²) in [5.74, 6) is -2.14. The number of hydrogen-bond donors (Lipinski definition) is 1. The van der Waals surface area contributed by atoms with E-state index in [0.717, 1.165) is 9.58 Å². The van der Waals surface area contributed by atoms with Crippen molar-refractivity contribution in [3.63, 3.8) is 0 Å². The third-order valence-electron chi connectivity index (χ3n) is 5.76. The van der Waals surface area contributed by atoms with Crippen molar-refractivity contribution in [3.05, 3.63) is 65.4 Å². The molecule has 2 N–H and O–H groups in total. The van der Waals surface area contributed by atoms with Gasteiger partial charge in [0, 0.05) is 39.1 Å². The molecule has 0 aliphatic carbocycles. The molecular weight excluding hydrogens is 434 g/mol. The number of hydrogen-bond acceptors (Lipinski definition) is 5. The zero-order chi connectivity index (χ0) is 29.1. The van der Waals surface area contributed by atoms with E-state index in [1.165, 1.54) is 12.0 Å². The number of amides is 3. The van der Waals surface area contributed by atoms with Crippen molar-refractivity contribution in [2.75, 3.05) is 30.0 Å². The Morgan fingerprint density at radius 2 is 1.71 bits per heavy atom. The molecule has 0 atom stereocenters. The van der Waals surface area contributed by atoms with Crippen molar-refractivity contribution in [1.82, 2.24) is 9.78 Å². The Hall–Kier alpha value is -4.14. The summed E-state index contributed by atoms with van der Waals surface area (Å²) in [7, 11) is 1.22. The molecule has 2 aliphatic heterocycles. The van der Waals surface area contributed by atoms with Crippen molar-refractivity contribution >= 4 is 29.1 Å². The first-order chi connectivity index (χ1) is 18.9. The van der Waals surface area contributed by atoms with Gasteiger partial charge < -0.3 is 20.3 Å². The lowest BCUT2D eigenvalue weighted by Crippen LogP contribution is -2.39. The van der Waals surface area contributed by atoms with Crippen LogP contribution in [0.2, 0.25) is 0 Å². The third-order valence-corrected chi connectivity index (χ3v) is 5.76. The van der Waals surface area contributed by atoms with E-state index in [-0.39, 0.29) is 60.1 Å². The molecule has 1 fully saturated rings. The van der Waals surface area contributed by atoms with E-state index in [2.05, 4.69) is 5.10 Å². The van der Waals surface area contributed by atoms with Crippen LogP contribution in [0.1, 0.15) is 54.0 Å². The molecule has 1 aromatic heterocycles. The highest BCUT2D eigenvalue weighted by Crippen LogP contribution is 2.31. The highest BCUT2D eigenvalue weighted by molar-refractivity contribution is 6.09. The Labute approximate surface area is 205 Å². The van der Waals surface area contributed by atoms with Crippen LogP contribution in [0.15, 0.2) is 48.4 Å². The Kier molecular flexibility index (Phi) is 3.99. The topological polar surface area (TPSA) is 111 Å². The molecule has 2 aliphatic rings. The van der Waals surface area contributed by atoms with Crippen LogP contribution < -0.4 is 20.3 Å². The normalized spacial score (nSPS) is 19.9. The molecule has 0 unspecified atom stereocenters. The van der Waals surface area contributed by atoms with E-state index in [9.17, 15) is 14.4 Å². The van der Waals surface area contributed by atoms with E-state index < -0.39 is 42.5 Å². The largest absolute Gasteiger partial charge is 0.497 e. The maximum Gasteiger partial charge on any atom is 0.277 e. The lowest BCUT2D eigenvalue weighted by Gasteiger charge is -2.29. The zero-order valence-electron chi connectivity index (χ0n) is 24.3. The molecular formula is C25H25N5O4. The number of anilines is 2. The maximum atomic E-state index is 13.9. The fourth-order valence-corrected chi connectivity index (χ4v) is 4.12. The smallest absolute Gasteiger partial charge is 0.277 e. The van der Waals surface area contributed by atoms with Gasteiger partial charge in [0.05, 0.1) is 18.3 Å². The summed E-state index contributed by atoms with van der Waals surface area (Å²) < 4.78 is 55.8. The number of methoxy groups -OCH3 is 1. The quantitative estimate of drug-likeness (QED) is 0.623. The molecule has 9 nitrogen and oxygen atoms in total. The minimum Gasteiger partial charge on any atom is -0.497 e. The summed E-state index contributed by atoms with van der Waals surface area (Å²) in [6, 6.07) is 4.26. The molecule has 0 saturated carbocycles. The average Bonchev–Trinajstić information content (AvgIpc) is 3.29. The van der Waals surface area contributed by atoms with Gasteiger partial charge in [-0.3, -0.25) is 14.4 Å². The molecule has 34 heavy (non-hydrogen) atoms. The molecule has 3 heterocycles. The molecule has 0 radical (unpaired) electrons. The van der Waals surface area contributed by atoms with Crippen molar-refractivity contribution in [3.8, 4) is 11.4 Å². The van der Waals surface area contributed by atoms with Crippen LogP contribution in [0, 0.1) is 0 Å². The highest BCUT2D eigenvalue weighted by Gasteiger charge is 2.34. The number of carbonyl (C=O) groups is 3. The molecule has 2 aromatic carbocycles. The lowest BCUT2D eigenvalue weighted by atomic mass is 10.0. The summed E-state index contributed by atoms with van der Waals surface area (Å²) in [4.78, 5) is 41.0. The lowest BCUT2D eigenvalue weighted by molar-refractivity contribution is -0.119. The second-order valence-corrected chi connectivity index (χ2v) is 7.80. The summed E-state index contributed by atoms with van der Waals surface area (Å²) in [6.07, 6.45) is 1.07. The molecule has 0 bridgehead atoms. The fraction of sp³-hybridized carbons (Fsp3) is 0.280. The average molecular weight is 466 g/mol. The van der Waals surface area contributed by atoms with E-state index in [1.807, 2.05) is 0 Å². The molecule has 9 heteroatoms. The van der Waals surface area contributed by atoms with Gasteiger partial charge in [0.1, 0.15) is 11.4 Å². The summed E-state index contributed by atoms with van der Waals surface area (Å²) in [6.45, 7) is -1.70. The number of rotatable bonds is 5. The summed E-state index contributed by atoms with van der Waals surface area (Å²) in [5.41, 5.74) is 5.86. The first kappa shape index (κ1) is 15.7. The Bertz CT molecular complexity index is 1540. The van der Waals surface area contributed by atoms with Gasteiger partial charge in [-0.25, -0.2) is 4.68 Å². The number of aromatic nitrogens is 2. The van der Waals surface area contributed by atoms with Gasteiger partial charge >= 0.3 is 0 Å². The van der Waals surface area contributed by atoms with Crippen molar-refractivity contribution in [1.29, 1.82) is 0 Å². The Morgan fingerprint density at radius 3 is 2.32 bits per heavy atom. The second-order valence-electron chi connectivity index (χ2n) is 7.80. The number of piperidine rings is 1. The van der Waals surface area contributed by atoms with Crippen LogP contribution in [-0.4, -0.2) is 47.7 Å². The van der Waals surface area contributed by atoms with Gasteiger partial charge in [0.15, 0.2) is 5.69 Å². The molecule has 3 aromatic rings. The van der Waals surface area contributed by atoms with Crippen molar-refractivity contribution < 1.29 is 27.3 Å². The Morgan fingerprint density at radius 1 is 1.03 bits per heavy atom. The van der Waals surface area contributed by atoms with Crippen LogP contribution >= 0.6 is 0 Å². The Balaban J connectivity index is 1.59. The fourth-order valence-electron chi connectivity index (χ4n) is 4.12. The number of benzene rings is 2. The van der Waals surface area contributed by atoms with E-state index in [1.54, 1.807) is 24.3 Å². The predicted molar refractivity (Wildman–Crippen MR) is 127 cm³/mol. The maximum absolute atomic E-state index is 13.9. The SMILES string of the molecule is [2H]c1c([2H])c(-n2nc(C(N)=O)c3c2C(=O)N(c2ccc(N4C(=O)CCCC4([2H])[2H])cc2)CC3)c([2H])c([2H])c1OC. The number of ether oxygens (including phenoxy) is 1. The van der Waals surface area contributed by atoms with E-state index in [0.29, 0.717) is 17.8 Å². The van der Waals surface area contributed by atoms with Gasteiger partial charge in [0.2, 0.25) is 5.91 Å². The number of carbonyl (C=O) groups excluding carboxylic acids is 3. The number of fused-ring (bicyclic) bond motifs is 1. The van der Waals surface area contributed by atoms with Gasteiger partial charge in [0.25, 0.3) is 11.8 Å². The summed E-state index contributed by atoms with van der Waals surface area (Å²) >= 11 is 0. The molecule has 5 rings (SSSR count). The molecule has 3 amide bonds. The molecule has 174 valence electrons. The predicted octanol–water partition coefficient (Wildman–Crippen LogP) is 2.70. The number of nitrogens with two attached hydrogens (primary N) is 1. The monoisotopic (exact) mass is 465 g/mol. The third kappa shape index (κ3) is 3.68. The van der Waals surface area contributed by atoms with Crippen LogP contribution in [0.3, 0.4) is 0 Å². The highest BCUT2D eigenvalue weighted by atomic mass is 16.5. The zero-order valence-corrected chi connectivity index (χ0v) is 18.3. The minimum absolute atomic E-state index is 0.127. The summed E-state index contributed by atoms with van der Waals surface area (Å²) in [5, 5.41) is 4.16. The first-order valence-corrected chi connectivity index (χ1v) is 10.7. The van der Waals surface area contributed by atoms with E-state index in [4.69, 9.17) is 18.7 Å². The molecule has 0 spiro atoms. The number of primary amides is 1.